The van der Waals surface area contributed by atoms with Gasteiger partial charge in [-0.1, -0.05) is 15.9 Å². The molecule has 0 aliphatic rings. The molecule has 1 aromatic rings. The van der Waals surface area contributed by atoms with Gasteiger partial charge in [-0.2, -0.15) is 0 Å². The SMILES string of the molecule is COC(=O)C(Br)COc1cc([N+](=O)[O-])ccc1C. The number of alkyl halides is 1. The quantitative estimate of drug-likeness (QED) is 0.360. The number of benzene rings is 1. The number of halogens is 1. The average Bonchev–Trinajstić information content (AvgIpc) is 2.36. The normalized spacial score (nSPS) is 11.7. The Balaban J connectivity index is 2.75. The summed E-state index contributed by atoms with van der Waals surface area (Å²) in [6.45, 7) is 1.80. The number of carbonyl (C=O) groups excluding carboxylic acids is 1. The third kappa shape index (κ3) is 3.69. The van der Waals surface area contributed by atoms with Gasteiger partial charge >= 0.3 is 5.97 Å². The zero-order chi connectivity index (χ0) is 13.7. The van der Waals surface area contributed by atoms with Crippen LogP contribution in [0.2, 0.25) is 0 Å². The van der Waals surface area contributed by atoms with Crippen LogP contribution in [-0.4, -0.2) is 29.4 Å². The molecule has 0 bridgehead atoms. The van der Waals surface area contributed by atoms with Gasteiger partial charge in [-0.25, -0.2) is 0 Å². The molecule has 1 unspecified atom stereocenters. The molecule has 1 aromatic carbocycles. The number of carbonyl (C=O) groups is 1. The third-order valence-corrected chi connectivity index (χ3v) is 2.86. The van der Waals surface area contributed by atoms with Gasteiger partial charge in [0.05, 0.1) is 18.1 Å². The first-order chi connectivity index (χ1) is 8.45. The lowest BCUT2D eigenvalue weighted by molar-refractivity contribution is -0.384. The molecule has 0 N–H and O–H groups in total. The summed E-state index contributed by atoms with van der Waals surface area (Å²) in [7, 11) is 1.27. The van der Waals surface area contributed by atoms with Crippen LogP contribution in [0.25, 0.3) is 0 Å². The molecule has 0 saturated heterocycles. The molecule has 18 heavy (non-hydrogen) atoms. The van der Waals surface area contributed by atoms with E-state index in [1.54, 1.807) is 13.0 Å². The second kappa shape index (κ2) is 6.34. The smallest absolute Gasteiger partial charge is 0.322 e. The molecule has 7 heteroatoms. The van der Waals surface area contributed by atoms with Crippen molar-refractivity contribution in [1.82, 2.24) is 0 Å². The Kier molecular flexibility index (Phi) is 5.08. The second-order valence-corrected chi connectivity index (χ2v) is 4.61. The van der Waals surface area contributed by atoms with E-state index >= 15 is 0 Å². The van der Waals surface area contributed by atoms with Crippen LogP contribution >= 0.6 is 15.9 Å². The molecule has 0 aliphatic heterocycles. The molecule has 0 saturated carbocycles. The van der Waals surface area contributed by atoms with Gasteiger partial charge in [0.1, 0.15) is 17.2 Å². The fourth-order valence-corrected chi connectivity index (χ4v) is 1.54. The summed E-state index contributed by atoms with van der Waals surface area (Å²) >= 11 is 3.10. The predicted molar refractivity (Wildman–Crippen MR) is 68.1 cm³/mol. The van der Waals surface area contributed by atoms with E-state index in [0.29, 0.717) is 5.75 Å². The van der Waals surface area contributed by atoms with Crippen molar-refractivity contribution < 1.29 is 19.2 Å². The van der Waals surface area contributed by atoms with Gasteiger partial charge < -0.3 is 9.47 Å². The predicted octanol–water partition coefficient (Wildman–Crippen LogP) is 2.22. The van der Waals surface area contributed by atoms with Crippen molar-refractivity contribution in [3.63, 3.8) is 0 Å². The highest BCUT2D eigenvalue weighted by Crippen LogP contribution is 2.24. The molecule has 98 valence electrons. The number of rotatable bonds is 5. The minimum atomic E-state index is -0.610. The van der Waals surface area contributed by atoms with Gasteiger partial charge in [-0.05, 0) is 18.6 Å². The molecule has 0 spiro atoms. The highest BCUT2D eigenvalue weighted by atomic mass is 79.9. The van der Waals surface area contributed by atoms with E-state index in [2.05, 4.69) is 20.7 Å². The summed E-state index contributed by atoms with van der Waals surface area (Å²) in [5.74, 6) is -0.0874. The van der Waals surface area contributed by atoms with E-state index in [4.69, 9.17) is 4.74 Å². The number of non-ortho nitro benzene ring substituents is 1. The van der Waals surface area contributed by atoms with Gasteiger partial charge in [0.15, 0.2) is 0 Å². The number of nitrogens with zero attached hydrogens (tertiary/aromatic N) is 1. The maximum Gasteiger partial charge on any atom is 0.322 e. The highest BCUT2D eigenvalue weighted by molar-refractivity contribution is 9.10. The Bertz CT molecular complexity index is 463. The van der Waals surface area contributed by atoms with Crippen molar-refractivity contribution in [2.45, 2.75) is 11.8 Å². The largest absolute Gasteiger partial charge is 0.491 e. The maximum absolute atomic E-state index is 11.1. The number of nitro groups is 1. The Hall–Kier alpha value is -1.63. The van der Waals surface area contributed by atoms with Crippen LogP contribution in [0.3, 0.4) is 0 Å². The standard InChI is InChI=1S/C11H12BrNO5/c1-7-3-4-8(13(15)16)5-10(7)18-6-9(12)11(14)17-2/h3-5,9H,6H2,1-2H3. The number of nitro benzene ring substituents is 1. The Morgan fingerprint density at radius 3 is 2.78 bits per heavy atom. The summed E-state index contributed by atoms with van der Waals surface area (Å²) in [5, 5.41) is 10.6. The van der Waals surface area contributed by atoms with Crippen molar-refractivity contribution in [2.24, 2.45) is 0 Å². The van der Waals surface area contributed by atoms with Crippen molar-refractivity contribution in [2.75, 3.05) is 13.7 Å². The second-order valence-electron chi connectivity index (χ2n) is 3.51. The summed E-state index contributed by atoms with van der Waals surface area (Å²) in [6, 6.07) is 4.31. The highest BCUT2D eigenvalue weighted by Gasteiger charge is 2.17. The number of methoxy groups -OCH3 is 1. The number of hydrogen-bond acceptors (Lipinski definition) is 5. The number of aryl methyl sites for hydroxylation is 1. The summed E-state index contributed by atoms with van der Waals surface area (Å²) in [6.07, 6.45) is 0. The lowest BCUT2D eigenvalue weighted by Gasteiger charge is -2.11. The zero-order valence-corrected chi connectivity index (χ0v) is 11.5. The minimum absolute atomic E-state index is 0.0364. The van der Waals surface area contributed by atoms with E-state index in [9.17, 15) is 14.9 Å². The molecule has 0 radical (unpaired) electrons. The fourth-order valence-electron chi connectivity index (χ4n) is 1.22. The van der Waals surface area contributed by atoms with Gasteiger partial charge in [0.25, 0.3) is 5.69 Å². The number of ether oxygens (including phenoxy) is 2. The van der Waals surface area contributed by atoms with Crippen LogP contribution in [0, 0.1) is 17.0 Å². The molecule has 0 fully saturated rings. The van der Waals surface area contributed by atoms with Gasteiger partial charge in [0.2, 0.25) is 0 Å². The minimum Gasteiger partial charge on any atom is -0.491 e. The molecule has 1 atom stereocenters. The molecule has 6 nitrogen and oxygen atoms in total. The Morgan fingerprint density at radius 2 is 2.22 bits per heavy atom. The van der Waals surface area contributed by atoms with Gasteiger partial charge in [-0.15, -0.1) is 0 Å². The van der Waals surface area contributed by atoms with Crippen molar-refractivity contribution >= 4 is 27.6 Å². The van der Waals surface area contributed by atoms with Crippen molar-refractivity contribution in [3.8, 4) is 5.75 Å². The van der Waals surface area contributed by atoms with Crippen LogP contribution < -0.4 is 4.74 Å². The number of hydrogen-bond donors (Lipinski definition) is 0. The van der Waals surface area contributed by atoms with Crippen LogP contribution in [0.4, 0.5) is 5.69 Å². The van der Waals surface area contributed by atoms with Crippen LogP contribution in [0.1, 0.15) is 5.56 Å². The Morgan fingerprint density at radius 1 is 1.56 bits per heavy atom. The molecule has 1 rings (SSSR count). The molecular formula is C11H12BrNO5. The third-order valence-electron chi connectivity index (χ3n) is 2.22. The lowest BCUT2D eigenvalue weighted by Crippen LogP contribution is -2.23. The lowest BCUT2D eigenvalue weighted by atomic mass is 10.2. The fraction of sp³-hybridized carbons (Fsp3) is 0.364. The first kappa shape index (κ1) is 14.4. The van der Waals surface area contributed by atoms with Gasteiger partial charge in [-0.3, -0.25) is 14.9 Å². The van der Waals surface area contributed by atoms with Crippen LogP contribution in [0.5, 0.6) is 5.75 Å². The van der Waals surface area contributed by atoms with Crippen molar-refractivity contribution in [1.29, 1.82) is 0 Å². The maximum atomic E-state index is 11.1. The topological polar surface area (TPSA) is 78.7 Å². The molecule has 0 aromatic heterocycles. The summed E-state index contributed by atoms with van der Waals surface area (Å²) < 4.78 is 9.88. The van der Waals surface area contributed by atoms with Crippen molar-refractivity contribution in [3.05, 3.63) is 33.9 Å². The number of esters is 1. The van der Waals surface area contributed by atoms with E-state index in [0.717, 1.165) is 5.56 Å². The first-order valence-electron chi connectivity index (χ1n) is 5.05. The Labute approximate surface area is 112 Å². The van der Waals surface area contributed by atoms with E-state index < -0.39 is 15.7 Å². The van der Waals surface area contributed by atoms with E-state index in [1.165, 1.54) is 19.2 Å². The molecule has 0 amide bonds. The zero-order valence-electron chi connectivity index (χ0n) is 9.88. The average molecular weight is 318 g/mol. The van der Waals surface area contributed by atoms with Crippen LogP contribution in [-0.2, 0) is 9.53 Å². The monoisotopic (exact) mass is 317 g/mol. The van der Waals surface area contributed by atoms with E-state index in [-0.39, 0.29) is 12.3 Å². The molecular weight excluding hydrogens is 306 g/mol. The first-order valence-corrected chi connectivity index (χ1v) is 5.97. The summed E-state index contributed by atoms with van der Waals surface area (Å²) in [4.78, 5) is 20.6. The van der Waals surface area contributed by atoms with Gasteiger partial charge in [0, 0.05) is 6.07 Å². The molecule has 0 heterocycles. The molecule has 0 aliphatic carbocycles. The summed E-state index contributed by atoms with van der Waals surface area (Å²) in [5.41, 5.74) is 0.699. The van der Waals surface area contributed by atoms with E-state index in [1.807, 2.05) is 0 Å². The van der Waals surface area contributed by atoms with Crippen LogP contribution in [0.15, 0.2) is 18.2 Å².